The lowest BCUT2D eigenvalue weighted by atomic mass is 10.1. The number of rotatable bonds is 10. The summed E-state index contributed by atoms with van der Waals surface area (Å²) >= 11 is 0. The van der Waals surface area contributed by atoms with E-state index in [1.165, 1.54) is 57.8 Å². The molecule has 0 aliphatic rings. The van der Waals surface area contributed by atoms with E-state index >= 15 is 0 Å². The molecule has 0 radical (unpaired) electrons. The van der Waals surface area contributed by atoms with Gasteiger partial charge in [0.2, 0.25) is 0 Å². The molecule has 0 aliphatic carbocycles. The lowest BCUT2D eigenvalue weighted by Crippen LogP contribution is -1.97. The first kappa shape index (κ1) is 13.5. The molecule has 0 heterocycles. The van der Waals surface area contributed by atoms with E-state index in [0.29, 0.717) is 0 Å². The second-order valence-electron chi connectivity index (χ2n) is 3.92. The van der Waals surface area contributed by atoms with Crippen LogP contribution in [-0.2, 0) is 0 Å². The van der Waals surface area contributed by atoms with Crippen LogP contribution in [0.4, 0.5) is 0 Å². The molecule has 1 heteroatoms. The minimum absolute atomic E-state index is 0.853. The van der Waals surface area contributed by atoms with Crippen molar-refractivity contribution < 1.29 is 0 Å². The first-order valence-corrected chi connectivity index (χ1v) is 6.05. The van der Waals surface area contributed by atoms with Crippen molar-refractivity contribution in [1.82, 2.24) is 0 Å². The third-order valence-electron chi connectivity index (χ3n) is 2.53. The first-order valence-electron chi connectivity index (χ1n) is 6.05. The molecule has 0 aromatic carbocycles. The molecule has 0 aromatic heterocycles. The maximum atomic E-state index is 5.42. The van der Waals surface area contributed by atoms with E-state index in [4.69, 9.17) is 12.2 Å². The second kappa shape index (κ2) is 12.5. The summed E-state index contributed by atoms with van der Waals surface area (Å²) in [6.45, 7) is 0.853. The molecule has 14 heavy (non-hydrogen) atoms. The van der Waals surface area contributed by atoms with Crippen molar-refractivity contribution in [2.24, 2.45) is 5.73 Å². The summed E-state index contributed by atoms with van der Waals surface area (Å²) in [5.41, 5.74) is 5.42. The Hall–Kier alpha value is -0.480. The van der Waals surface area contributed by atoms with Crippen LogP contribution in [0.25, 0.3) is 0 Å². The molecule has 0 bridgehead atoms. The maximum absolute atomic E-state index is 5.42. The highest BCUT2D eigenvalue weighted by atomic mass is 14.5. The molecular weight excluding hydrogens is 170 g/mol. The van der Waals surface area contributed by atoms with Gasteiger partial charge in [-0.1, -0.05) is 44.9 Å². The molecule has 0 spiro atoms. The third kappa shape index (κ3) is 11.5. The van der Waals surface area contributed by atoms with Crippen LogP contribution in [0.1, 0.15) is 64.2 Å². The predicted molar refractivity (Wildman–Crippen MR) is 64.1 cm³/mol. The monoisotopic (exact) mass is 195 g/mol. The number of nitrogens with two attached hydrogens (primary N) is 1. The highest BCUT2D eigenvalue weighted by molar-refractivity contribution is 4.82. The Morgan fingerprint density at radius 3 is 1.57 bits per heavy atom. The van der Waals surface area contributed by atoms with Gasteiger partial charge >= 0.3 is 0 Å². The molecule has 0 saturated carbocycles. The highest BCUT2D eigenvalue weighted by Gasteiger charge is 1.91. The molecule has 0 aliphatic heterocycles. The van der Waals surface area contributed by atoms with E-state index in [1.54, 1.807) is 0 Å². The van der Waals surface area contributed by atoms with Crippen molar-refractivity contribution in [2.45, 2.75) is 64.2 Å². The summed E-state index contributed by atoms with van der Waals surface area (Å²) in [4.78, 5) is 0. The zero-order chi connectivity index (χ0) is 10.5. The van der Waals surface area contributed by atoms with Crippen LogP contribution in [0.2, 0.25) is 0 Å². The zero-order valence-corrected chi connectivity index (χ0v) is 9.43. The molecule has 0 fully saturated rings. The van der Waals surface area contributed by atoms with Gasteiger partial charge in [0.05, 0.1) is 0 Å². The molecule has 1 nitrogen and oxygen atoms in total. The average molecular weight is 195 g/mol. The fourth-order valence-electron chi connectivity index (χ4n) is 1.61. The lowest BCUT2D eigenvalue weighted by molar-refractivity contribution is 0.563. The molecule has 0 amide bonds. The van der Waals surface area contributed by atoms with Crippen molar-refractivity contribution in [3.63, 3.8) is 0 Å². The Morgan fingerprint density at radius 1 is 0.714 bits per heavy atom. The number of hydrogen-bond acceptors (Lipinski definition) is 1. The van der Waals surface area contributed by atoms with Gasteiger partial charge in [0.15, 0.2) is 0 Å². The highest BCUT2D eigenvalue weighted by Crippen LogP contribution is 2.09. The fourth-order valence-corrected chi connectivity index (χ4v) is 1.61. The van der Waals surface area contributed by atoms with Crippen LogP contribution < -0.4 is 5.73 Å². The van der Waals surface area contributed by atoms with E-state index in [-0.39, 0.29) is 0 Å². The van der Waals surface area contributed by atoms with Crippen LogP contribution in [0.3, 0.4) is 0 Å². The first-order chi connectivity index (χ1) is 6.91. The molecule has 0 unspecified atom stereocenters. The van der Waals surface area contributed by atoms with Gasteiger partial charge in [-0.2, -0.15) is 0 Å². The minimum atomic E-state index is 0.853. The van der Waals surface area contributed by atoms with Crippen LogP contribution in [0.5, 0.6) is 0 Å². The molecular formula is C13H25N. The Kier molecular flexibility index (Phi) is 12.1. The van der Waals surface area contributed by atoms with E-state index < -0.39 is 0 Å². The Labute approximate surface area is 89.5 Å². The third-order valence-corrected chi connectivity index (χ3v) is 2.53. The molecule has 0 aromatic rings. The topological polar surface area (TPSA) is 26.0 Å². The van der Waals surface area contributed by atoms with Crippen molar-refractivity contribution in [1.29, 1.82) is 0 Å². The van der Waals surface area contributed by atoms with E-state index in [0.717, 1.165) is 13.0 Å². The van der Waals surface area contributed by atoms with Crippen molar-refractivity contribution in [2.75, 3.05) is 6.54 Å². The van der Waals surface area contributed by atoms with Crippen molar-refractivity contribution in [3.8, 4) is 12.3 Å². The van der Waals surface area contributed by atoms with Crippen LogP contribution in [-0.4, -0.2) is 6.54 Å². The van der Waals surface area contributed by atoms with E-state index in [2.05, 4.69) is 5.92 Å². The largest absolute Gasteiger partial charge is 0.330 e. The summed E-state index contributed by atoms with van der Waals surface area (Å²) in [5.74, 6) is 2.68. The van der Waals surface area contributed by atoms with Crippen LogP contribution in [0, 0.1) is 12.3 Å². The van der Waals surface area contributed by atoms with Crippen molar-refractivity contribution in [3.05, 3.63) is 0 Å². The fraction of sp³-hybridized carbons (Fsp3) is 0.846. The normalized spacial score (nSPS) is 10.0. The van der Waals surface area contributed by atoms with Gasteiger partial charge in [0.1, 0.15) is 0 Å². The summed E-state index contributed by atoms with van der Waals surface area (Å²) in [7, 11) is 0. The van der Waals surface area contributed by atoms with Gasteiger partial charge in [-0.3, -0.25) is 0 Å². The summed E-state index contributed by atoms with van der Waals surface area (Å²) in [5, 5.41) is 0. The molecule has 2 N–H and O–H groups in total. The predicted octanol–water partition coefficient (Wildman–Crippen LogP) is 3.48. The van der Waals surface area contributed by atoms with Crippen molar-refractivity contribution >= 4 is 0 Å². The smallest absolute Gasteiger partial charge is 0.00860 e. The number of hydrogen-bond donors (Lipinski definition) is 1. The summed E-state index contributed by atoms with van der Waals surface area (Å²) in [6.07, 6.45) is 18.0. The van der Waals surface area contributed by atoms with Crippen LogP contribution >= 0.6 is 0 Å². The van der Waals surface area contributed by atoms with E-state index in [1.807, 2.05) is 0 Å². The van der Waals surface area contributed by atoms with Gasteiger partial charge in [0.25, 0.3) is 0 Å². The Balaban J connectivity index is 2.82. The average Bonchev–Trinajstić information content (AvgIpc) is 2.21. The van der Waals surface area contributed by atoms with Gasteiger partial charge in [0, 0.05) is 6.42 Å². The van der Waals surface area contributed by atoms with E-state index in [9.17, 15) is 0 Å². The van der Waals surface area contributed by atoms with Gasteiger partial charge in [-0.05, 0) is 19.4 Å². The molecule has 82 valence electrons. The Bertz CT molecular complexity index is 135. The minimum Gasteiger partial charge on any atom is -0.330 e. The second-order valence-corrected chi connectivity index (χ2v) is 3.92. The SMILES string of the molecule is C#CCCCCCCCCCCCN. The molecule has 0 atom stereocenters. The Morgan fingerprint density at radius 2 is 1.14 bits per heavy atom. The standard InChI is InChI=1S/C13H25N/c1-2-3-4-5-6-7-8-9-10-11-12-13-14/h1H,3-14H2. The summed E-state index contributed by atoms with van der Waals surface area (Å²) in [6, 6.07) is 0. The van der Waals surface area contributed by atoms with Gasteiger partial charge < -0.3 is 5.73 Å². The molecule has 0 saturated heterocycles. The number of unbranched alkanes of at least 4 members (excludes halogenated alkanes) is 9. The maximum Gasteiger partial charge on any atom is 0.00860 e. The van der Waals surface area contributed by atoms with Gasteiger partial charge in [-0.15, -0.1) is 12.3 Å². The van der Waals surface area contributed by atoms with Gasteiger partial charge in [-0.25, -0.2) is 0 Å². The molecule has 0 rings (SSSR count). The number of terminal acetylenes is 1. The van der Waals surface area contributed by atoms with Crippen LogP contribution in [0.15, 0.2) is 0 Å². The lowest BCUT2D eigenvalue weighted by Gasteiger charge is -2.00. The quantitative estimate of drug-likeness (QED) is 0.419. The summed E-state index contributed by atoms with van der Waals surface area (Å²) < 4.78 is 0. The zero-order valence-electron chi connectivity index (χ0n) is 9.43.